The van der Waals surface area contributed by atoms with E-state index in [0.29, 0.717) is 0 Å². The fraction of sp³-hybridized carbons (Fsp3) is 0.625. The number of phenols is 1. The first kappa shape index (κ1) is 15.3. The summed E-state index contributed by atoms with van der Waals surface area (Å²) in [5.41, 5.74) is 1.61. The van der Waals surface area contributed by atoms with Gasteiger partial charge < -0.3 is 10.4 Å². The molecule has 1 aromatic rings. The van der Waals surface area contributed by atoms with E-state index in [1.54, 1.807) is 6.07 Å². The molecule has 0 bridgehead atoms. The third-order valence-electron chi connectivity index (χ3n) is 4.00. The number of hydrogen-bond donors (Lipinski definition) is 2. The molecule has 4 heteroatoms. The number of aryl methyl sites for hydroxylation is 1. The zero-order chi connectivity index (χ0) is 14.9. The molecule has 2 N–H and O–H groups in total. The molecule has 3 nitrogen and oxygen atoms in total. The molecule has 20 heavy (non-hydrogen) atoms. The average molecular weight is 280 g/mol. The highest BCUT2D eigenvalue weighted by Gasteiger charge is 2.35. The maximum absolute atomic E-state index is 13.8. The van der Waals surface area contributed by atoms with Gasteiger partial charge >= 0.3 is 0 Å². The zero-order valence-electron chi connectivity index (χ0n) is 12.8. The molecule has 0 aromatic heterocycles. The molecule has 0 aliphatic carbocycles. The van der Waals surface area contributed by atoms with Gasteiger partial charge in [0.05, 0.1) is 0 Å². The molecule has 112 valence electrons. The van der Waals surface area contributed by atoms with E-state index >= 15 is 0 Å². The van der Waals surface area contributed by atoms with Crippen LogP contribution in [0.15, 0.2) is 12.1 Å². The number of phenolic OH excluding ortho intramolecular Hbond substituents is 1. The van der Waals surface area contributed by atoms with Gasteiger partial charge in [-0.25, -0.2) is 4.39 Å². The molecule has 1 fully saturated rings. The number of hydrogen-bond acceptors (Lipinski definition) is 3. The first-order valence-corrected chi connectivity index (χ1v) is 7.25. The number of aromatic hydroxyl groups is 1. The van der Waals surface area contributed by atoms with Crippen LogP contribution in [0.3, 0.4) is 0 Å². The lowest BCUT2D eigenvalue weighted by atomic mass is 9.79. The summed E-state index contributed by atoms with van der Waals surface area (Å²) in [7, 11) is 0. The van der Waals surface area contributed by atoms with E-state index in [0.717, 1.165) is 37.3 Å². The molecular formula is C16H25FN2O. The minimum Gasteiger partial charge on any atom is -0.505 e. The SMILES string of the molecule is Cc1ccc(F)c(O)c1[C@H](N1CCNCC1)C(C)(C)C. The number of nitrogens with one attached hydrogen (secondary N) is 1. The summed E-state index contributed by atoms with van der Waals surface area (Å²) < 4.78 is 13.8. The molecule has 0 spiro atoms. The largest absolute Gasteiger partial charge is 0.505 e. The first-order valence-electron chi connectivity index (χ1n) is 7.25. The van der Waals surface area contributed by atoms with Crippen molar-refractivity contribution in [2.45, 2.75) is 33.7 Å². The van der Waals surface area contributed by atoms with Gasteiger partial charge in [-0.2, -0.15) is 0 Å². The van der Waals surface area contributed by atoms with Crippen molar-refractivity contribution in [1.29, 1.82) is 0 Å². The van der Waals surface area contributed by atoms with Crippen molar-refractivity contribution < 1.29 is 9.50 Å². The topological polar surface area (TPSA) is 35.5 Å². The van der Waals surface area contributed by atoms with E-state index in [9.17, 15) is 9.50 Å². The third-order valence-corrected chi connectivity index (χ3v) is 4.00. The summed E-state index contributed by atoms with van der Waals surface area (Å²) in [6, 6.07) is 3.11. The van der Waals surface area contributed by atoms with E-state index in [4.69, 9.17) is 0 Å². The van der Waals surface area contributed by atoms with Crippen molar-refractivity contribution in [3.63, 3.8) is 0 Å². The highest BCUT2D eigenvalue weighted by molar-refractivity contribution is 5.43. The van der Waals surface area contributed by atoms with E-state index in [1.807, 2.05) is 6.92 Å². The molecule has 1 aromatic carbocycles. The molecular weight excluding hydrogens is 255 g/mol. The van der Waals surface area contributed by atoms with Crippen LogP contribution in [-0.4, -0.2) is 36.2 Å². The lowest BCUT2D eigenvalue weighted by Gasteiger charge is -2.43. The van der Waals surface area contributed by atoms with Crippen molar-refractivity contribution in [3.8, 4) is 5.75 Å². The Balaban J connectivity index is 2.49. The summed E-state index contributed by atoms with van der Waals surface area (Å²) in [5.74, 6) is -0.724. The summed E-state index contributed by atoms with van der Waals surface area (Å²) in [6.45, 7) is 12.1. The molecule has 1 aliphatic rings. The number of rotatable bonds is 2. The van der Waals surface area contributed by atoms with Gasteiger partial charge in [-0.05, 0) is 24.0 Å². The molecule has 1 heterocycles. The fourth-order valence-corrected chi connectivity index (χ4v) is 3.13. The molecule has 1 aliphatic heterocycles. The van der Waals surface area contributed by atoms with Crippen molar-refractivity contribution in [2.75, 3.05) is 26.2 Å². The van der Waals surface area contributed by atoms with E-state index in [-0.39, 0.29) is 17.2 Å². The molecule has 0 amide bonds. The third kappa shape index (κ3) is 2.96. The highest BCUT2D eigenvalue weighted by atomic mass is 19.1. The fourth-order valence-electron chi connectivity index (χ4n) is 3.13. The van der Waals surface area contributed by atoms with Gasteiger partial charge in [0, 0.05) is 37.8 Å². The van der Waals surface area contributed by atoms with Crippen LogP contribution in [-0.2, 0) is 0 Å². The Morgan fingerprint density at radius 3 is 2.40 bits per heavy atom. The molecule has 0 saturated carbocycles. The monoisotopic (exact) mass is 280 g/mol. The molecule has 1 saturated heterocycles. The van der Waals surface area contributed by atoms with Crippen LogP contribution >= 0.6 is 0 Å². The predicted octanol–water partition coefficient (Wildman–Crippen LogP) is 2.83. The summed E-state index contributed by atoms with van der Waals surface area (Å²) in [4.78, 5) is 2.35. The number of benzene rings is 1. The van der Waals surface area contributed by atoms with Crippen LogP contribution in [0, 0.1) is 18.2 Å². The van der Waals surface area contributed by atoms with Gasteiger partial charge in [-0.15, -0.1) is 0 Å². The summed E-state index contributed by atoms with van der Waals surface area (Å²) in [6.07, 6.45) is 0. The number of halogens is 1. The lowest BCUT2D eigenvalue weighted by Crippen LogP contribution is -2.48. The van der Waals surface area contributed by atoms with Crippen LogP contribution in [0.1, 0.15) is 37.9 Å². The highest BCUT2D eigenvalue weighted by Crippen LogP contribution is 2.43. The van der Waals surface area contributed by atoms with E-state index in [1.165, 1.54) is 6.07 Å². The number of piperazine rings is 1. The standard InChI is InChI=1S/C16H25FN2O/c1-11-5-6-12(17)14(20)13(11)15(16(2,3)4)19-9-7-18-8-10-19/h5-6,15,18,20H,7-10H2,1-4H3/t15-/m0/s1. The van der Waals surface area contributed by atoms with E-state index < -0.39 is 5.82 Å². The first-order chi connectivity index (χ1) is 9.32. The van der Waals surface area contributed by atoms with Gasteiger partial charge in [0.1, 0.15) is 0 Å². The Morgan fingerprint density at radius 1 is 1.25 bits per heavy atom. The summed E-state index contributed by atoms with van der Waals surface area (Å²) in [5, 5.41) is 13.6. The van der Waals surface area contributed by atoms with Crippen LogP contribution < -0.4 is 5.32 Å². The molecule has 0 unspecified atom stereocenters. The molecule has 0 radical (unpaired) electrons. The van der Waals surface area contributed by atoms with Crippen LogP contribution in [0.25, 0.3) is 0 Å². The van der Waals surface area contributed by atoms with Crippen LogP contribution in [0.2, 0.25) is 0 Å². The predicted molar refractivity (Wildman–Crippen MR) is 79.4 cm³/mol. The van der Waals surface area contributed by atoms with Gasteiger partial charge in [-0.1, -0.05) is 26.8 Å². The smallest absolute Gasteiger partial charge is 0.165 e. The minimum atomic E-state index is -0.532. The molecule has 2 rings (SSSR count). The van der Waals surface area contributed by atoms with Crippen LogP contribution in [0.5, 0.6) is 5.75 Å². The second-order valence-electron chi connectivity index (χ2n) is 6.68. The molecule has 1 atom stereocenters. The summed E-state index contributed by atoms with van der Waals surface area (Å²) >= 11 is 0. The Labute approximate surface area is 120 Å². The quantitative estimate of drug-likeness (QED) is 0.874. The number of nitrogens with zero attached hydrogens (tertiary/aromatic N) is 1. The van der Waals surface area contributed by atoms with Gasteiger partial charge in [-0.3, -0.25) is 4.90 Å². The Bertz CT molecular complexity index is 476. The second kappa shape index (κ2) is 5.70. The zero-order valence-corrected chi connectivity index (χ0v) is 12.8. The average Bonchev–Trinajstić information content (AvgIpc) is 2.39. The minimum absolute atomic E-state index is 0.0142. The lowest BCUT2D eigenvalue weighted by molar-refractivity contribution is 0.0833. The van der Waals surface area contributed by atoms with Gasteiger partial charge in [0.2, 0.25) is 0 Å². The maximum atomic E-state index is 13.8. The normalized spacial score (nSPS) is 19.1. The van der Waals surface area contributed by atoms with Crippen LogP contribution in [0.4, 0.5) is 4.39 Å². The van der Waals surface area contributed by atoms with Gasteiger partial charge in [0.25, 0.3) is 0 Å². The van der Waals surface area contributed by atoms with Crippen molar-refractivity contribution in [2.24, 2.45) is 5.41 Å². The van der Waals surface area contributed by atoms with Crippen molar-refractivity contribution in [1.82, 2.24) is 10.2 Å². The van der Waals surface area contributed by atoms with Crippen molar-refractivity contribution in [3.05, 3.63) is 29.1 Å². The maximum Gasteiger partial charge on any atom is 0.165 e. The van der Waals surface area contributed by atoms with Gasteiger partial charge in [0.15, 0.2) is 11.6 Å². The second-order valence-corrected chi connectivity index (χ2v) is 6.68. The Hall–Kier alpha value is -1.13. The van der Waals surface area contributed by atoms with Crippen molar-refractivity contribution >= 4 is 0 Å². The Kier molecular flexibility index (Phi) is 4.35. The Morgan fingerprint density at radius 2 is 1.85 bits per heavy atom. The van der Waals surface area contributed by atoms with E-state index in [2.05, 4.69) is 31.0 Å².